The average Bonchev–Trinajstić information content (AvgIpc) is 2.55. The molecule has 0 spiro atoms. The van der Waals surface area contributed by atoms with Crippen molar-refractivity contribution in [2.45, 2.75) is 33.6 Å². The van der Waals surface area contributed by atoms with Crippen molar-refractivity contribution < 1.29 is 0 Å². The summed E-state index contributed by atoms with van der Waals surface area (Å²) >= 11 is 0. The third kappa shape index (κ3) is 3.22. The van der Waals surface area contributed by atoms with Crippen LogP contribution >= 0.6 is 0 Å². The smallest absolute Gasteiger partial charge is 0.0154 e. The second-order valence-corrected chi connectivity index (χ2v) is 6.63. The van der Waals surface area contributed by atoms with Crippen LogP contribution in [0.25, 0.3) is 22.3 Å². The van der Waals surface area contributed by atoms with E-state index < -0.39 is 0 Å². The molecule has 0 bridgehead atoms. The van der Waals surface area contributed by atoms with Gasteiger partial charge in [-0.25, -0.2) is 0 Å². The lowest BCUT2D eigenvalue weighted by Gasteiger charge is -2.15. The van der Waals surface area contributed by atoms with Crippen molar-refractivity contribution in [3.05, 3.63) is 83.4 Å². The lowest BCUT2D eigenvalue weighted by Crippen LogP contribution is -1.93. The van der Waals surface area contributed by atoms with Crippen LogP contribution < -0.4 is 0 Å². The first kappa shape index (κ1) is 15.6. The van der Waals surface area contributed by atoms with E-state index in [1.165, 1.54) is 38.9 Å². The molecule has 0 amide bonds. The Hall–Kier alpha value is -2.34. The van der Waals surface area contributed by atoms with Crippen LogP contribution in [0.1, 0.15) is 36.5 Å². The highest BCUT2D eigenvalue weighted by Gasteiger charge is 2.10. The van der Waals surface area contributed by atoms with Gasteiger partial charge in [0.1, 0.15) is 0 Å². The fourth-order valence-corrected chi connectivity index (χ4v) is 3.09. The SMILES string of the molecule is Cc1ccccc1-c1cc(-c2ccccc2C)cc(C(C)C)c1. The van der Waals surface area contributed by atoms with E-state index in [-0.39, 0.29) is 0 Å². The summed E-state index contributed by atoms with van der Waals surface area (Å²) < 4.78 is 0. The molecule has 0 aliphatic rings. The molecule has 0 heterocycles. The summed E-state index contributed by atoms with van der Waals surface area (Å²) in [5.41, 5.74) is 9.31. The molecule has 0 saturated carbocycles. The summed E-state index contributed by atoms with van der Waals surface area (Å²) in [6.07, 6.45) is 0. The van der Waals surface area contributed by atoms with Gasteiger partial charge in [0.25, 0.3) is 0 Å². The number of hydrogen-bond acceptors (Lipinski definition) is 0. The molecule has 0 aliphatic heterocycles. The Morgan fingerprint density at radius 2 is 1.04 bits per heavy atom. The highest BCUT2D eigenvalue weighted by Crippen LogP contribution is 2.33. The summed E-state index contributed by atoms with van der Waals surface area (Å²) in [6, 6.07) is 24.3. The maximum Gasteiger partial charge on any atom is -0.0154 e. The quantitative estimate of drug-likeness (QED) is 0.501. The standard InChI is InChI=1S/C23H24/c1-16(2)19-13-20(22-11-7-5-9-17(22)3)15-21(14-19)23-12-8-6-10-18(23)4/h5-16H,1-4H3. The van der Waals surface area contributed by atoms with Crippen LogP contribution in [0.15, 0.2) is 66.7 Å². The zero-order valence-corrected chi connectivity index (χ0v) is 14.4. The minimum atomic E-state index is 0.515. The maximum absolute atomic E-state index is 2.34. The third-order valence-electron chi connectivity index (χ3n) is 4.53. The summed E-state index contributed by atoms with van der Waals surface area (Å²) in [5.74, 6) is 0.515. The molecule has 3 aromatic carbocycles. The zero-order valence-electron chi connectivity index (χ0n) is 14.4. The van der Waals surface area contributed by atoms with E-state index in [4.69, 9.17) is 0 Å². The van der Waals surface area contributed by atoms with Crippen LogP contribution in [0.2, 0.25) is 0 Å². The first-order valence-electron chi connectivity index (χ1n) is 8.33. The van der Waals surface area contributed by atoms with Gasteiger partial charge in [0, 0.05) is 0 Å². The Bertz CT molecular complexity index is 761. The Morgan fingerprint density at radius 3 is 1.43 bits per heavy atom. The molecule has 0 saturated heterocycles. The molecule has 0 atom stereocenters. The van der Waals surface area contributed by atoms with Crippen LogP contribution in [0, 0.1) is 13.8 Å². The Morgan fingerprint density at radius 1 is 0.609 bits per heavy atom. The van der Waals surface area contributed by atoms with Gasteiger partial charge < -0.3 is 0 Å². The number of hydrogen-bond donors (Lipinski definition) is 0. The van der Waals surface area contributed by atoms with Gasteiger partial charge in [-0.3, -0.25) is 0 Å². The van der Waals surface area contributed by atoms with E-state index in [0.717, 1.165) is 0 Å². The normalized spacial score (nSPS) is 11.0. The minimum Gasteiger partial charge on any atom is -0.0620 e. The van der Waals surface area contributed by atoms with E-state index in [1.807, 2.05) is 0 Å². The maximum atomic E-state index is 2.34. The largest absolute Gasteiger partial charge is 0.0620 e. The van der Waals surface area contributed by atoms with Gasteiger partial charge in [0.2, 0.25) is 0 Å². The molecule has 3 aromatic rings. The summed E-state index contributed by atoms with van der Waals surface area (Å²) in [7, 11) is 0. The summed E-state index contributed by atoms with van der Waals surface area (Å²) in [4.78, 5) is 0. The van der Waals surface area contributed by atoms with Crippen LogP contribution in [-0.2, 0) is 0 Å². The zero-order chi connectivity index (χ0) is 16.4. The van der Waals surface area contributed by atoms with E-state index >= 15 is 0 Å². The van der Waals surface area contributed by atoms with Crippen molar-refractivity contribution in [2.24, 2.45) is 0 Å². The lowest BCUT2D eigenvalue weighted by molar-refractivity contribution is 0.867. The molecule has 0 aliphatic carbocycles. The second-order valence-electron chi connectivity index (χ2n) is 6.63. The van der Waals surface area contributed by atoms with Gasteiger partial charge in [-0.15, -0.1) is 0 Å². The molecule has 0 heteroatoms. The Kier molecular flexibility index (Phi) is 4.34. The van der Waals surface area contributed by atoms with E-state index in [2.05, 4.69) is 94.4 Å². The van der Waals surface area contributed by atoms with Gasteiger partial charge in [-0.05, 0) is 64.8 Å². The van der Waals surface area contributed by atoms with Crippen molar-refractivity contribution in [3.63, 3.8) is 0 Å². The molecule has 0 aromatic heterocycles. The molecule has 23 heavy (non-hydrogen) atoms. The molecule has 116 valence electrons. The van der Waals surface area contributed by atoms with Crippen LogP contribution in [0.4, 0.5) is 0 Å². The summed E-state index contributed by atoms with van der Waals surface area (Å²) in [6.45, 7) is 8.90. The summed E-state index contributed by atoms with van der Waals surface area (Å²) in [5, 5.41) is 0. The Balaban J connectivity index is 2.23. The number of benzene rings is 3. The molecule has 3 rings (SSSR count). The fourth-order valence-electron chi connectivity index (χ4n) is 3.09. The van der Waals surface area contributed by atoms with Crippen molar-refractivity contribution in [3.8, 4) is 22.3 Å². The van der Waals surface area contributed by atoms with Gasteiger partial charge >= 0.3 is 0 Å². The predicted molar refractivity (Wildman–Crippen MR) is 101 cm³/mol. The van der Waals surface area contributed by atoms with Gasteiger partial charge in [0.05, 0.1) is 0 Å². The number of rotatable bonds is 3. The van der Waals surface area contributed by atoms with Crippen molar-refractivity contribution in [1.29, 1.82) is 0 Å². The molecule has 0 radical (unpaired) electrons. The number of aryl methyl sites for hydroxylation is 2. The second kappa shape index (κ2) is 6.42. The molecular weight excluding hydrogens is 276 g/mol. The molecule has 0 fully saturated rings. The predicted octanol–water partition coefficient (Wildman–Crippen LogP) is 6.76. The lowest BCUT2D eigenvalue weighted by atomic mass is 9.90. The van der Waals surface area contributed by atoms with Gasteiger partial charge in [-0.2, -0.15) is 0 Å². The van der Waals surface area contributed by atoms with Gasteiger partial charge in [0.15, 0.2) is 0 Å². The van der Waals surface area contributed by atoms with Crippen molar-refractivity contribution in [1.82, 2.24) is 0 Å². The highest BCUT2D eigenvalue weighted by atomic mass is 14.1. The van der Waals surface area contributed by atoms with E-state index in [1.54, 1.807) is 0 Å². The monoisotopic (exact) mass is 300 g/mol. The Labute approximate surface area is 139 Å². The molecular formula is C23H24. The minimum absolute atomic E-state index is 0.515. The van der Waals surface area contributed by atoms with E-state index in [9.17, 15) is 0 Å². The van der Waals surface area contributed by atoms with Crippen LogP contribution in [-0.4, -0.2) is 0 Å². The fraction of sp³-hybridized carbons (Fsp3) is 0.217. The van der Waals surface area contributed by atoms with Crippen LogP contribution in [0.3, 0.4) is 0 Å². The molecule has 0 nitrogen and oxygen atoms in total. The highest BCUT2D eigenvalue weighted by molar-refractivity contribution is 5.77. The van der Waals surface area contributed by atoms with Crippen molar-refractivity contribution >= 4 is 0 Å². The van der Waals surface area contributed by atoms with E-state index in [0.29, 0.717) is 5.92 Å². The molecule has 0 N–H and O–H groups in total. The first-order chi connectivity index (χ1) is 11.1. The van der Waals surface area contributed by atoms with Crippen molar-refractivity contribution in [2.75, 3.05) is 0 Å². The van der Waals surface area contributed by atoms with Gasteiger partial charge in [-0.1, -0.05) is 74.5 Å². The van der Waals surface area contributed by atoms with Crippen LogP contribution in [0.5, 0.6) is 0 Å². The average molecular weight is 300 g/mol. The third-order valence-corrected chi connectivity index (χ3v) is 4.53. The molecule has 0 unspecified atom stereocenters. The first-order valence-corrected chi connectivity index (χ1v) is 8.33. The topological polar surface area (TPSA) is 0 Å².